The fourth-order valence-corrected chi connectivity index (χ4v) is 6.96. The van der Waals surface area contributed by atoms with Crippen LogP contribution >= 0.6 is 0 Å². The maximum Gasteiger partial charge on any atom is 0.416 e. The minimum Gasteiger partial charge on any atom is -0.603 e. The van der Waals surface area contributed by atoms with Gasteiger partial charge in [-0.1, -0.05) is 17.3 Å². The molecule has 0 aromatic heterocycles. The molecule has 1 N–H and O–H groups in total. The SMILES string of the molecule is O=C(NN1C(=O)[C@]23C4C=CC(C5[C@H]6C[C@@]546)[C@@H]2[N+]13[O-])c1ccc(C(F)(F)F)cc1. The van der Waals surface area contributed by atoms with E-state index in [9.17, 15) is 28.0 Å². The van der Waals surface area contributed by atoms with Crippen molar-refractivity contribution >= 4 is 11.8 Å². The van der Waals surface area contributed by atoms with E-state index in [4.69, 9.17) is 0 Å². The van der Waals surface area contributed by atoms with E-state index in [0.29, 0.717) is 11.8 Å². The highest BCUT2D eigenvalue weighted by Gasteiger charge is 3.07. The molecule has 5 aliphatic carbocycles. The smallest absolute Gasteiger partial charge is 0.416 e. The monoisotopic (exact) mass is 389 g/mol. The first kappa shape index (κ1) is 15.5. The number of benzene rings is 1. The van der Waals surface area contributed by atoms with Crippen molar-refractivity contribution in [2.45, 2.75) is 24.2 Å². The van der Waals surface area contributed by atoms with E-state index in [1.165, 1.54) is 0 Å². The molecule has 1 aromatic carbocycles. The Kier molecular flexibility index (Phi) is 2.14. The molecule has 2 amide bonds. The molecule has 1 aromatic rings. The van der Waals surface area contributed by atoms with E-state index in [-0.39, 0.29) is 34.8 Å². The third kappa shape index (κ3) is 1.24. The molecule has 3 saturated carbocycles. The normalized spacial score (nSPS) is 50.1. The average molecular weight is 389 g/mol. The van der Waals surface area contributed by atoms with Gasteiger partial charge in [-0.15, -0.1) is 0 Å². The standard InChI is InChI=1S/C19H14F3N3O3/c20-19(21,22)9-3-1-8(2-4-9)15(26)23-24-16(27)18-12-6-5-10(14(18)25(18,24)28)13-11-7-17(11,12)13/h1-6,10-14H,7H2,(H,23,26)/t10?,11-,12?,13?,14+,17+,18+,25?/m1/s1. The molecule has 4 unspecified atom stereocenters. The van der Waals surface area contributed by atoms with Crippen molar-refractivity contribution in [2.24, 2.45) is 29.1 Å². The van der Waals surface area contributed by atoms with Crippen LogP contribution in [0.1, 0.15) is 22.3 Å². The van der Waals surface area contributed by atoms with E-state index in [1.54, 1.807) is 0 Å². The molecule has 0 radical (unpaired) electrons. The van der Waals surface area contributed by atoms with Gasteiger partial charge in [0.25, 0.3) is 11.4 Å². The number of nitrogens with one attached hydrogen (secondary N) is 1. The zero-order valence-corrected chi connectivity index (χ0v) is 14.3. The Morgan fingerprint density at radius 1 is 1.25 bits per heavy atom. The van der Waals surface area contributed by atoms with Gasteiger partial charge in [-0.3, -0.25) is 9.59 Å². The van der Waals surface area contributed by atoms with Crippen LogP contribution in [0.2, 0.25) is 0 Å². The highest BCUT2D eigenvalue weighted by Crippen LogP contribution is 2.95. The van der Waals surface area contributed by atoms with Gasteiger partial charge in [-0.2, -0.15) is 13.2 Å². The summed E-state index contributed by atoms with van der Waals surface area (Å²) in [5.74, 6) is 0.0661. The summed E-state index contributed by atoms with van der Waals surface area (Å²) in [6.07, 6.45) is 0.696. The zero-order valence-electron chi connectivity index (χ0n) is 14.3. The number of hydrazine groups is 1. The molecule has 2 spiro atoms. The molecular formula is C19H14F3N3O3. The van der Waals surface area contributed by atoms with Gasteiger partial charge in [-0.05, 0) is 47.9 Å². The summed E-state index contributed by atoms with van der Waals surface area (Å²) < 4.78 is 37.2. The lowest BCUT2D eigenvalue weighted by Crippen LogP contribution is -2.74. The van der Waals surface area contributed by atoms with Crippen LogP contribution in [-0.4, -0.2) is 33.3 Å². The summed E-state index contributed by atoms with van der Waals surface area (Å²) in [6.45, 7) is 0. The second kappa shape index (κ2) is 3.86. The number of alkyl halides is 3. The highest BCUT2D eigenvalue weighted by atomic mass is 19.4. The van der Waals surface area contributed by atoms with Crippen LogP contribution in [0, 0.1) is 34.3 Å². The van der Waals surface area contributed by atoms with Gasteiger partial charge < -0.3 is 5.21 Å². The molecule has 2 saturated heterocycles. The predicted octanol–water partition coefficient (Wildman–Crippen LogP) is 1.99. The Bertz CT molecular complexity index is 1040. The number of amides is 2. The van der Waals surface area contributed by atoms with Crippen molar-refractivity contribution in [3.05, 3.63) is 52.8 Å². The van der Waals surface area contributed by atoms with Gasteiger partial charge >= 0.3 is 12.1 Å². The van der Waals surface area contributed by atoms with Crippen LogP contribution in [0.15, 0.2) is 36.4 Å². The van der Waals surface area contributed by atoms with E-state index in [2.05, 4.69) is 11.5 Å². The van der Waals surface area contributed by atoms with E-state index in [1.807, 2.05) is 6.08 Å². The first-order chi connectivity index (χ1) is 13.2. The molecule has 6 nitrogen and oxygen atoms in total. The Labute approximate surface area is 156 Å². The number of halogens is 3. The highest BCUT2D eigenvalue weighted by molar-refractivity contribution is 6.00. The maximum absolute atomic E-state index is 13.5. The Morgan fingerprint density at radius 3 is 2.61 bits per heavy atom. The van der Waals surface area contributed by atoms with Gasteiger partial charge in [0.05, 0.1) is 11.5 Å². The molecule has 2 bridgehead atoms. The fourth-order valence-electron chi connectivity index (χ4n) is 6.96. The van der Waals surface area contributed by atoms with Gasteiger partial charge in [0.2, 0.25) is 0 Å². The number of quaternary nitrogens is 1. The van der Waals surface area contributed by atoms with Crippen molar-refractivity contribution in [2.75, 3.05) is 0 Å². The number of nitrogens with zero attached hydrogens (tertiary/aromatic N) is 2. The van der Waals surface area contributed by atoms with Crippen LogP contribution in [0.5, 0.6) is 0 Å². The molecule has 28 heavy (non-hydrogen) atoms. The van der Waals surface area contributed by atoms with Crippen molar-refractivity contribution in [1.82, 2.24) is 10.5 Å². The number of rotatable bonds is 2. The molecule has 2 heterocycles. The summed E-state index contributed by atoms with van der Waals surface area (Å²) >= 11 is 0. The lowest BCUT2D eigenvalue weighted by atomic mass is 9.63. The van der Waals surface area contributed by atoms with E-state index < -0.39 is 27.9 Å². The summed E-state index contributed by atoms with van der Waals surface area (Å²) in [5, 5.41) is 14.4. The fraction of sp³-hybridized carbons (Fsp3) is 0.474. The summed E-state index contributed by atoms with van der Waals surface area (Å²) in [7, 11) is 0. The first-order valence-electron chi connectivity index (χ1n) is 9.31. The third-order valence-electron chi connectivity index (χ3n) is 8.21. The molecular weight excluding hydrogens is 375 g/mol. The molecule has 2 aliphatic heterocycles. The number of hydroxylamine groups is 2. The van der Waals surface area contributed by atoms with E-state index in [0.717, 1.165) is 35.8 Å². The third-order valence-corrected chi connectivity index (χ3v) is 8.21. The van der Waals surface area contributed by atoms with Gasteiger partial charge in [0.15, 0.2) is 6.04 Å². The Hall–Kier alpha value is -2.39. The Balaban J connectivity index is 1.15. The van der Waals surface area contributed by atoms with Crippen LogP contribution in [0.3, 0.4) is 0 Å². The zero-order chi connectivity index (χ0) is 19.4. The molecule has 5 fully saturated rings. The van der Waals surface area contributed by atoms with Crippen LogP contribution in [0.4, 0.5) is 13.2 Å². The number of carbonyl (C=O) groups excluding carboxylic acids is 2. The van der Waals surface area contributed by atoms with Gasteiger partial charge in [0.1, 0.15) is 0 Å². The Morgan fingerprint density at radius 2 is 1.96 bits per heavy atom. The average Bonchev–Trinajstić information content (AvgIpc) is 3.57. The first-order valence-corrected chi connectivity index (χ1v) is 9.31. The summed E-state index contributed by atoms with van der Waals surface area (Å²) in [5.41, 5.74) is 0.612. The largest absolute Gasteiger partial charge is 0.603 e. The number of hydrogen-bond acceptors (Lipinski definition) is 3. The van der Waals surface area contributed by atoms with Crippen molar-refractivity contribution < 1.29 is 27.5 Å². The second-order valence-electron chi connectivity index (χ2n) is 8.91. The van der Waals surface area contributed by atoms with E-state index >= 15 is 0 Å². The minimum atomic E-state index is -4.50. The minimum absolute atomic E-state index is 0.0389. The molecule has 9 heteroatoms. The summed E-state index contributed by atoms with van der Waals surface area (Å²) in [6, 6.07) is 3.31. The van der Waals surface area contributed by atoms with Crippen LogP contribution < -0.4 is 5.43 Å². The van der Waals surface area contributed by atoms with Crippen molar-refractivity contribution in [1.29, 1.82) is 0 Å². The van der Waals surface area contributed by atoms with Crippen LogP contribution in [0.25, 0.3) is 0 Å². The van der Waals surface area contributed by atoms with Gasteiger partial charge in [0, 0.05) is 11.5 Å². The molecule has 8 atom stereocenters. The summed E-state index contributed by atoms with van der Waals surface area (Å²) in [4.78, 5) is 25.4. The molecule has 7 aliphatic rings. The molecule has 144 valence electrons. The topological polar surface area (TPSA) is 72.5 Å². The number of hydrogen-bond donors (Lipinski definition) is 1. The second-order valence-corrected chi connectivity index (χ2v) is 8.91. The lowest BCUT2D eigenvalue weighted by molar-refractivity contribution is -0.934. The van der Waals surface area contributed by atoms with Crippen molar-refractivity contribution in [3.8, 4) is 0 Å². The lowest BCUT2D eigenvalue weighted by Gasteiger charge is -2.47. The van der Waals surface area contributed by atoms with Crippen molar-refractivity contribution in [3.63, 3.8) is 0 Å². The molecule has 8 rings (SSSR count). The van der Waals surface area contributed by atoms with Crippen LogP contribution in [-0.2, 0) is 11.0 Å². The maximum atomic E-state index is 13.5. The predicted molar refractivity (Wildman–Crippen MR) is 86.1 cm³/mol. The number of carbonyl (C=O) groups is 2. The van der Waals surface area contributed by atoms with Gasteiger partial charge in [-0.25, -0.2) is 10.2 Å². The quantitative estimate of drug-likeness (QED) is 0.364.